The van der Waals surface area contributed by atoms with Gasteiger partial charge in [0.25, 0.3) is 0 Å². The monoisotopic (exact) mass is 364 g/mol. The van der Waals surface area contributed by atoms with Gasteiger partial charge in [0.15, 0.2) is 0 Å². The number of nitrogens with two attached hydrogens (primary N) is 1. The second-order valence-electron chi connectivity index (χ2n) is 6.63. The van der Waals surface area contributed by atoms with Crippen molar-refractivity contribution < 1.29 is 17.9 Å². The molecule has 1 unspecified atom stereocenters. The third-order valence-electron chi connectivity index (χ3n) is 4.88. The fourth-order valence-electron chi connectivity index (χ4n) is 3.74. The first-order chi connectivity index (χ1) is 12.4. The van der Waals surface area contributed by atoms with Crippen molar-refractivity contribution in [1.82, 2.24) is 5.32 Å². The average Bonchev–Trinajstić information content (AvgIpc) is 2.64. The number of ether oxygens (including phenoxy) is 1. The molecule has 0 spiro atoms. The van der Waals surface area contributed by atoms with Crippen molar-refractivity contribution in [1.29, 1.82) is 0 Å². The molecule has 0 aliphatic carbocycles. The van der Waals surface area contributed by atoms with Gasteiger partial charge in [-0.1, -0.05) is 60.7 Å². The first kappa shape index (κ1) is 18.9. The Bertz CT molecular complexity index is 693. The number of alkyl halides is 3. The maximum atomic E-state index is 12.9. The number of benzene rings is 2. The number of piperidine rings is 1. The molecule has 2 aromatic rings. The van der Waals surface area contributed by atoms with E-state index >= 15 is 0 Å². The van der Waals surface area contributed by atoms with Crippen LogP contribution in [0.25, 0.3) is 0 Å². The lowest BCUT2D eigenvalue weighted by Crippen LogP contribution is -2.62. The van der Waals surface area contributed by atoms with Crippen LogP contribution in [-0.4, -0.2) is 25.4 Å². The summed E-state index contributed by atoms with van der Waals surface area (Å²) < 4.78 is 44.3. The number of hydrogen-bond acceptors (Lipinski definition) is 3. The van der Waals surface area contributed by atoms with Crippen LogP contribution in [-0.2, 0) is 10.3 Å². The van der Waals surface area contributed by atoms with E-state index in [1.54, 1.807) is 24.3 Å². The minimum Gasteiger partial charge on any atom is -0.362 e. The Morgan fingerprint density at radius 1 is 1.08 bits per heavy atom. The molecule has 3 rings (SSSR count). The Balaban J connectivity index is 2.09. The van der Waals surface area contributed by atoms with Crippen LogP contribution in [0.1, 0.15) is 30.1 Å². The van der Waals surface area contributed by atoms with Gasteiger partial charge in [0.05, 0.1) is 5.54 Å². The van der Waals surface area contributed by atoms with E-state index in [1.807, 2.05) is 36.4 Å². The summed E-state index contributed by atoms with van der Waals surface area (Å²) in [6.45, 7) is -0.656. The zero-order chi connectivity index (χ0) is 18.6. The summed E-state index contributed by atoms with van der Waals surface area (Å²) in [5, 5.41) is 3.42. The molecule has 1 heterocycles. The van der Waals surface area contributed by atoms with Gasteiger partial charge in [-0.3, -0.25) is 0 Å². The smallest absolute Gasteiger partial charge is 0.362 e. The maximum absolute atomic E-state index is 12.9. The molecule has 2 aromatic carbocycles. The Morgan fingerprint density at radius 3 is 2.27 bits per heavy atom. The van der Waals surface area contributed by atoms with Crippen LogP contribution < -0.4 is 11.1 Å². The van der Waals surface area contributed by atoms with Gasteiger partial charge >= 0.3 is 6.18 Å². The molecule has 26 heavy (non-hydrogen) atoms. The molecule has 3 nitrogen and oxygen atoms in total. The Morgan fingerprint density at radius 2 is 1.69 bits per heavy atom. The second kappa shape index (κ2) is 7.78. The minimum absolute atomic E-state index is 0.378. The molecule has 6 heteroatoms. The Labute approximate surface area is 151 Å². The Kier molecular flexibility index (Phi) is 5.65. The highest BCUT2D eigenvalue weighted by Crippen LogP contribution is 2.43. The maximum Gasteiger partial charge on any atom is 0.411 e. The summed E-state index contributed by atoms with van der Waals surface area (Å²) in [6.07, 6.45) is -3.69. The first-order valence-electron chi connectivity index (χ1n) is 8.73. The van der Waals surface area contributed by atoms with E-state index in [9.17, 15) is 13.2 Å². The van der Waals surface area contributed by atoms with Crippen LogP contribution >= 0.6 is 0 Å². The van der Waals surface area contributed by atoms with Crippen LogP contribution in [0.4, 0.5) is 13.2 Å². The summed E-state index contributed by atoms with van der Waals surface area (Å²) in [7, 11) is 0. The van der Waals surface area contributed by atoms with Gasteiger partial charge in [-0.05, 0) is 30.5 Å². The SMILES string of the molecule is N[C@H]1CCCN[C@]1(c1ccccc1)C(OCC(F)(F)F)c1ccccc1. The van der Waals surface area contributed by atoms with E-state index in [1.165, 1.54) is 0 Å². The second-order valence-corrected chi connectivity index (χ2v) is 6.63. The number of nitrogens with one attached hydrogen (secondary N) is 1. The lowest BCUT2D eigenvalue weighted by Gasteiger charge is -2.48. The molecule has 0 aromatic heterocycles. The van der Waals surface area contributed by atoms with Gasteiger partial charge in [-0.25, -0.2) is 0 Å². The van der Waals surface area contributed by atoms with Gasteiger partial charge in [-0.15, -0.1) is 0 Å². The summed E-state index contributed by atoms with van der Waals surface area (Å²) in [6, 6.07) is 18.0. The van der Waals surface area contributed by atoms with Crippen molar-refractivity contribution in [2.75, 3.05) is 13.2 Å². The van der Waals surface area contributed by atoms with E-state index in [4.69, 9.17) is 10.5 Å². The van der Waals surface area contributed by atoms with Crippen molar-refractivity contribution >= 4 is 0 Å². The van der Waals surface area contributed by atoms with Crippen LogP contribution in [0, 0.1) is 0 Å². The largest absolute Gasteiger partial charge is 0.411 e. The fourth-order valence-corrected chi connectivity index (χ4v) is 3.74. The van der Waals surface area contributed by atoms with Crippen molar-refractivity contribution in [3.63, 3.8) is 0 Å². The van der Waals surface area contributed by atoms with Crippen molar-refractivity contribution in [2.45, 2.75) is 36.7 Å². The molecule has 3 atom stereocenters. The van der Waals surface area contributed by atoms with Crippen LogP contribution in [0.2, 0.25) is 0 Å². The summed E-state index contributed by atoms with van der Waals surface area (Å²) in [4.78, 5) is 0. The highest BCUT2D eigenvalue weighted by atomic mass is 19.4. The molecule has 140 valence electrons. The van der Waals surface area contributed by atoms with Gasteiger partial charge < -0.3 is 15.8 Å². The molecule has 1 aliphatic heterocycles. The molecule has 1 aliphatic rings. The molecular weight excluding hydrogens is 341 g/mol. The van der Waals surface area contributed by atoms with E-state index in [0.29, 0.717) is 18.5 Å². The zero-order valence-electron chi connectivity index (χ0n) is 14.4. The normalized spacial score (nSPS) is 25.0. The van der Waals surface area contributed by atoms with Gasteiger partial charge in [-0.2, -0.15) is 13.2 Å². The molecule has 1 saturated heterocycles. The molecule has 3 N–H and O–H groups in total. The van der Waals surface area contributed by atoms with E-state index in [2.05, 4.69) is 5.32 Å². The number of rotatable bonds is 5. The highest BCUT2D eigenvalue weighted by molar-refractivity contribution is 5.34. The molecule has 0 bridgehead atoms. The summed E-state index contributed by atoms with van der Waals surface area (Å²) in [5.41, 5.74) is 7.08. The number of hydrogen-bond donors (Lipinski definition) is 2. The van der Waals surface area contributed by atoms with Gasteiger partial charge in [0.1, 0.15) is 12.7 Å². The average molecular weight is 364 g/mol. The summed E-state index contributed by atoms with van der Waals surface area (Å²) in [5.74, 6) is 0. The molecule has 0 radical (unpaired) electrons. The standard InChI is InChI=1S/C20H23F3N2O/c21-19(22,23)14-26-18(15-8-3-1-4-9-15)20(16-10-5-2-6-11-16)17(24)12-7-13-25-20/h1-6,8-11,17-18,25H,7,12-14,24H2/t17-,18?,20-/m0/s1. The van der Waals surface area contributed by atoms with E-state index < -0.39 is 24.4 Å². The zero-order valence-corrected chi connectivity index (χ0v) is 14.4. The van der Waals surface area contributed by atoms with Crippen LogP contribution in [0.5, 0.6) is 0 Å². The van der Waals surface area contributed by atoms with E-state index in [-0.39, 0.29) is 6.04 Å². The predicted octanol–water partition coefficient (Wildman–Crippen LogP) is 3.91. The third kappa shape index (κ3) is 3.92. The Hall–Kier alpha value is -1.89. The van der Waals surface area contributed by atoms with Crippen molar-refractivity contribution in [3.8, 4) is 0 Å². The van der Waals surface area contributed by atoms with Crippen LogP contribution in [0.15, 0.2) is 60.7 Å². The molecular formula is C20H23F3N2O. The van der Waals surface area contributed by atoms with Gasteiger partial charge in [0.2, 0.25) is 0 Å². The summed E-state index contributed by atoms with van der Waals surface area (Å²) >= 11 is 0. The molecule has 0 amide bonds. The van der Waals surface area contributed by atoms with E-state index in [0.717, 1.165) is 12.0 Å². The first-order valence-corrected chi connectivity index (χ1v) is 8.73. The molecule has 1 fully saturated rings. The highest BCUT2D eigenvalue weighted by Gasteiger charge is 2.49. The predicted molar refractivity (Wildman–Crippen MR) is 94.5 cm³/mol. The molecule has 0 saturated carbocycles. The lowest BCUT2D eigenvalue weighted by atomic mass is 9.72. The lowest BCUT2D eigenvalue weighted by molar-refractivity contribution is -0.198. The third-order valence-corrected chi connectivity index (χ3v) is 4.88. The fraction of sp³-hybridized carbons (Fsp3) is 0.400. The topological polar surface area (TPSA) is 47.3 Å². The number of halogens is 3. The quantitative estimate of drug-likeness (QED) is 0.846. The van der Waals surface area contributed by atoms with Crippen molar-refractivity contribution in [3.05, 3.63) is 71.8 Å². The van der Waals surface area contributed by atoms with Crippen LogP contribution in [0.3, 0.4) is 0 Å². The van der Waals surface area contributed by atoms with Gasteiger partial charge in [0, 0.05) is 6.04 Å². The van der Waals surface area contributed by atoms with Crippen molar-refractivity contribution in [2.24, 2.45) is 5.73 Å². The minimum atomic E-state index is -4.41.